The zero-order valence-corrected chi connectivity index (χ0v) is 29.1. The molecule has 0 bridgehead atoms. The van der Waals surface area contributed by atoms with Crippen molar-refractivity contribution in [1.29, 1.82) is 0 Å². The molecule has 0 aromatic heterocycles. The molecule has 0 radical (unpaired) electrons. The van der Waals surface area contributed by atoms with Crippen molar-refractivity contribution in [2.75, 3.05) is 33.5 Å². The summed E-state index contributed by atoms with van der Waals surface area (Å²) in [4.78, 5) is 71.7. The average Bonchev–Trinajstić information content (AvgIpc) is 3.14. The summed E-state index contributed by atoms with van der Waals surface area (Å²) < 4.78 is 46.2. The van der Waals surface area contributed by atoms with Gasteiger partial charge in [0.05, 0.1) is 44.7 Å². The Balaban J connectivity index is 1.47. The lowest BCUT2D eigenvalue weighted by Crippen LogP contribution is -2.14. The number of aryl methyl sites for hydroxylation is 1. The molecule has 0 atom stereocenters. The van der Waals surface area contributed by atoms with Crippen LogP contribution in [0.2, 0.25) is 0 Å². The molecule has 3 aromatic rings. The normalized spacial score (nSPS) is 10.2. The fourth-order valence-corrected chi connectivity index (χ4v) is 4.14. The Hall–Kier alpha value is -6.64. The summed E-state index contributed by atoms with van der Waals surface area (Å²) in [6.07, 6.45) is 2.11. The minimum atomic E-state index is -0.939. The Bertz CT molecular complexity index is 1780. The van der Waals surface area contributed by atoms with Gasteiger partial charge in [0.25, 0.3) is 0 Å². The third-order valence-electron chi connectivity index (χ3n) is 6.80. The van der Waals surface area contributed by atoms with Gasteiger partial charge >= 0.3 is 36.2 Å². The van der Waals surface area contributed by atoms with E-state index in [-0.39, 0.29) is 66.3 Å². The Kier molecular flexibility index (Phi) is 16.6. The van der Waals surface area contributed by atoms with Crippen molar-refractivity contribution in [3.63, 3.8) is 0 Å². The number of methoxy groups -OCH3 is 1. The summed E-state index contributed by atoms with van der Waals surface area (Å²) in [5.41, 5.74) is 0.777. The van der Waals surface area contributed by atoms with Crippen molar-refractivity contribution in [3.05, 3.63) is 103 Å². The molecule has 0 saturated heterocycles. The van der Waals surface area contributed by atoms with E-state index in [0.717, 1.165) is 12.2 Å². The van der Waals surface area contributed by atoms with Gasteiger partial charge in [-0.2, -0.15) is 0 Å². The highest BCUT2D eigenvalue weighted by atomic mass is 16.7. The average molecular weight is 735 g/mol. The van der Waals surface area contributed by atoms with Gasteiger partial charge in [-0.1, -0.05) is 13.2 Å². The van der Waals surface area contributed by atoms with Gasteiger partial charge < -0.3 is 42.6 Å². The van der Waals surface area contributed by atoms with Crippen molar-refractivity contribution < 1.29 is 71.4 Å². The maximum atomic E-state index is 13.0. The lowest BCUT2D eigenvalue weighted by molar-refractivity contribution is -0.138. The van der Waals surface area contributed by atoms with Crippen LogP contribution in [0.3, 0.4) is 0 Å². The molecule has 0 spiro atoms. The van der Waals surface area contributed by atoms with E-state index in [2.05, 4.69) is 13.2 Å². The molecule has 3 aromatic carbocycles. The molecule has 53 heavy (non-hydrogen) atoms. The second-order valence-electron chi connectivity index (χ2n) is 10.7. The number of hydrogen-bond donors (Lipinski definition) is 0. The molecule has 0 fully saturated rings. The zero-order chi connectivity index (χ0) is 38.6. The lowest BCUT2D eigenvalue weighted by Gasteiger charge is -2.13. The smallest absolute Gasteiger partial charge is 0.493 e. The van der Waals surface area contributed by atoms with Crippen LogP contribution >= 0.6 is 0 Å². The van der Waals surface area contributed by atoms with E-state index in [1.807, 2.05) is 0 Å². The van der Waals surface area contributed by atoms with E-state index in [1.54, 1.807) is 6.92 Å². The van der Waals surface area contributed by atoms with E-state index < -0.39 is 36.2 Å². The molecule has 0 amide bonds. The standard InChI is InChI=1S/C38H38O15/c1-5-33(39)46-19-7-9-21-48-37(43)51-27-13-11-26(12-14-27)35(41)50-29-16-18-31(32(24-29)45-4)53-36(42)30-17-15-28(23-25(30)3)52-38(44)49-22-10-8-20-47-34(40)6-2/h5-6,11-18,23-24H,1-2,7-10,19-22H2,3-4H3. The van der Waals surface area contributed by atoms with E-state index in [0.29, 0.717) is 31.2 Å². The molecule has 0 heterocycles. The van der Waals surface area contributed by atoms with Gasteiger partial charge in [0.2, 0.25) is 0 Å². The molecule has 280 valence electrons. The second kappa shape index (κ2) is 21.5. The molecule has 0 aliphatic carbocycles. The van der Waals surface area contributed by atoms with Gasteiger partial charge in [-0.05, 0) is 92.8 Å². The third-order valence-corrected chi connectivity index (χ3v) is 6.80. The molecule has 0 aliphatic heterocycles. The Labute approximate surface area is 304 Å². The maximum absolute atomic E-state index is 13.0. The topological polar surface area (TPSA) is 185 Å². The first kappa shape index (κ1) is 40.8. The highest BCUT2D eigenvalue weighted by Crippen LogP contribution is 2.33. The van der Waals surface area contributed by atoms with Crippen LogP contribution in [-0.2, 0) is 28.5 Å². The fourth-order valence-electron chi connectivity index (χ4n) is 4.14. The summed E-state index contributed by atoms with van der Waals surface area (Å²) in [6.45, 7) is 8.67. The molecular formula is C38H38O15. The molecule has 0 saturated carbocycles. The van der Waals surface area contributed by atoms with Crippen LogP contribution in [0.25, 0.3) is 0 Å². The van der Waals surface area contributed by atoms with E-state index in [9.17, 15) is 28.8 Å². The molecule has 15 nitrogen and oxygen atoms in total. The molecule has 0 unspecified atom stereocenters. The molecule has 15 heteroatoms. The van der Waals surface area contributed by atoms with Crippen LogP contribution in [0, 0.1) is 6.92 Å². The number of carbonyl (C=O) groups is 6. The van der Waals surface area contributed by atoms with Crippen molar-refractivity contribution in [2.45, 2.75) is 32.6 Å². The van der Waals surface area contributed by atoms with Crippen LogP contribution in [0.1, 0.15) is 52.0 Å². The van der Waals surface area contributed by atoms with Gasteiger partial charge in [0, 0.05) is 18.2 Å². The first-order valence-corrected chi connectivity index (χ1v) is 16.1. The number of benzene rings is 3. The van der Waals surface area contributed by atoms with E-state index in [4.69, 9.17) is 42.6 Å². The van der Waals surface area contributed by atoms with Crippen LogP contribution < -0.4 is 23.7 Å². The largest absolute Gasteiger partial charge is 0.513 e. The molecular weight excluding hydrogens is 696 g/mol. The number of unbranched alkanes of at least 4 members (excludes halogenated alkanes) is 2. The van der Waals surface area contributed by atoms with Gasteiger partial charge in [0.1, 0.15) is 17.2 Å². The minimum Gasteiger partial charge on any atom is -0.493 e. The Morgan fingerprint density at radius 1 is 0.547 bits per heavy atom. The quantitative estimate of drug-likeness (QED) is 0.0325. The van der Waals surface area contributed by atoms with Crippen molar-refractivity contribution in [3.8, 4) is 28.7 Å². The highest BCUT2D eigenvalue weighted by Gasteiger charge is 2.18. The predicted molar refractivity (Wildman–Crippen MR) is 185 cm³/mol. The summed E-state index contributed by atoms with van der Waals surface area (Å²) in [7, 11) is 1.34. The Morgan fingerprint density at radius 3 is 1.57 bits per heavy atom. The maximum Gasteiger partial charge on any atom is 0.513 e. The number of carbonyl (C=O) groups excluding carboxylic acids is 6. The van der Waals surface area contributed by atoms with Gasteiger partial charge in [-0.25, -0.2) is 28.8 Å². The number of esters is 4. The third kappa shape index (κ3) is 14.3. The molecule has 3 rings (SSSR count). The summed E-state index contributed by atoms with van der Waals surface area (Å²) >= 11 is 0. The first-order chi connectivity index (χ1) is 25.5. The van der Waals surface area contributed by atoms with Crippen LogP contribution in [0.5, 0.6) is 28.7 Å². The Morgan fingerprint density at radius 2 is 1.04 bits per heavy atom. The van der Waals surface area contributed by atoms with Gasteiger partial charge in [0.15, 0.2) is 11.5 Å². The second-order valence-corrected chi connectivity index (χ2v) is 10.7. The minimum absolute atomic E-state index is 0.0457. The van der Waals surface area contributed by atoms with Gasteiger partial charge in [-0.3, -0.25) is 0 Å². The summed E-state index contributed by atoms with van der Waals surface area (Å²) in [6, 6.07) is 14.0. The zero-order valence-electron chi connectivity index (χ0n) is 29.1. The predicted octanol–water partition coefficient (Wildman–Crippen LogP) is 6.49. The van der Waals surface area contributed by atoms with E-state index >= 15 is 0 Å². The van der Waals surface area contributed by atoms with Crippen LogP contribution in [0.15, 0.2) is 86.0 Å². The SMILES string of the molecule is C=CC(=O)OCCCCOC(=O)Oc1ccc(C(=O)Oc2ccc(OC(=O)c3ccc(OC(=O)OCCCCOC(=O)C=C)cc3C)c(OC)c2)cc1. The van der Waals surface area contributed by atoms with Crippen molar-refractivity contribution in [1.82, 2.24) is 0 Å². The number of rotatable bonds is 19. The highest BCUT2D eigenvalue weighted by molar-refractivity contribution is 5.93. The summed E-state index contributed by atoms with van der Waals surface area (Å²) in [5, 5.41) is 0. The number of ether oxygens (including phenoxy) is 9. The van der Waals surface area contributed by atoms with Crippen LogP contribution in [0.4, 0.5) is 9.59 Å². The molecule has 0 N–H and O–H groups in total. The van der Waals surface area contributed by atoms with Crippen molar-refractivity contribution in [2.24, 2.45) is 0 Å². The van der Waals surface area contributed by atoms with E-state index in [1.165, 1.54) is 67.8 Å². The van der Waals surface area contributed by atoms with Crippen molar-refractivity contribution >= 4 is 36.2 Å². The number of hydrogen-bond acceptors (Lipinski definition) is 15. The molecule has 0 aliphatic rings. The summed E-state index contributed by atoms with van der Waals surface area (Å²) in [5.74, 6) is -2.00. The monoisotopic (exact) mass is 734 g/mol. The van der Waals surface area contributed by atoms with Gasteiger partial charge in [-0.15, -0.1) is 0 Å². The lowest BCUT2D eigenvalue weighted by atomic mass is 10.1. The first-order valence-electron chi connectivity index (χ1n) is 16.1. The van der Waals surface area contributed by atoms with Crippen LogP contribution in [-0.4, -0.2) is 69.7 Å². The fraction of sp³-hybridized carbons (Fsp3) is 0.263.